The third-order valence-corrected chi connectivity index (χ3v) is 3.58. The molecule has 2 rings (SSSR count). The number of hydrogen-bond acceptors (Lipinski definition) is 3. The maximum Gasteiger partial charge on any atom is 0.0678 e. The lowest BCUT2D eigenvalue weighted by atomic mass is 9.92. The molecule has 0 aliphatic carbocycles. The number of aromatic amines is 1. The van der Waals surface area contributed by atoms with Crippen LogP contribution in [-0.2, 0) is 12.0 Å². The molecular weight excluding hydrogens is 226 g/mol. The van der Waals surface area contributed by atoms with Crippen LogP contribution in [0, 0.1) is 0 Å². The second-order valence-electron chi connectivity index (χ2n) is 6.39. The fraction of sp³-hybridized carbons (Fsp3) is 0.786. The largest absolute Gasteiger partial charge is 0.393 e. The fourth-order valence-corrected chi connectivity index (χ4v) is 2.36. The molecule has 4 heteroatoms. The van der Waals surface area contributed by atoms with Gasteiger partial charge in [-0.05, 0) is 31.9 Å². The van der Waals surface area contributed by atoms with Crippen molar-refractivity contribution < 1.29 is 5.11 Å². The minimum absolute atomic E-state index is 0.101. The molecule has 1 aromatic heterocycles. The molecule has 0 spiro atoms. The van der Waals surface area contributed by atoms with Crippen LogP contribution in [0.15, 0.2) is 6.07 Å². The highest BCUT2D eigenvalue weighted by molar-refractivity contribution is 5.16. The van der Waals surface area contributed by atoms with Crippen molar-refractivity contribution in [2.45, 2.75) is 58.1 Å². The van der Waals surface area contributed by atoms with Crippen molar-refractivity contribution in [3.8, 4) is 0 Å². The Morgan fingerprint density at radius 1 is 1.39 bits per heavy atom. The molecule has 1 aromatic rings. The van der Waals surface area contributed by atoms with Crippen LogP contribution in [0.5, 0.6) is 0 Å². The topological polar surface area (TPSA) is 52.1 Å². The molecule has 1 aliphatic heterocycles. The third kappa shape index (κ3) is 3.56. The van der Waals surface area contributed by atoms with E-state index < -0.39 is 0 Å². The van der Waals surface area contributed by atoms with Gasteiger partial charge in [0.15, 0.2) is 0 Å². The molecule has 0 radical (unpaired) electrons. The number of aliphatic hydroxyl groups is 1. The summed E-state index contributed by atoms with van der Waals surface area (Å²) in [5.74, 6) is 0. The summed E-state index contributed by atoms with van der Waals surface area (Å²) >= 11 is 0. The molecule has 1 fully saturated rings. The van der Waals surface area contributed by atoms with Crippen molar-refractivity contribution in [2.75, 3.05) is 13.1 Å². The van der Waals surface area contributed by atoms with Crippen LogP contribution in [0.25, 0.3) is 0 Å². The molecule has 0 amide bonds. The van der Waals surface area contributed by atoms with Crippen LogP contribution in [0.3, 0.4) is 0 Å². The maximum absolute atomic E-state index is 9.64. The van der Waals surface area contributed by atoms with Gasteiger partial charge in [0, 0.05) is 24.2 Å². The molecule has 0 saturated carbocycles. The van der Waals surface area contributed by atoms with Gasteiger partial charge in [-0.25, -0.2) is 0 Å². The fourth-order valence-electron chi connectivity index (χ4n) is 2.36. The molecule has 0 unspecified atom stereocenters. The van der Waals surface area contributed by atoms with E-state index in [1.54, 1.807) is 0 Å². The van der Waals surface area contributed by atoms with Crippen LogP contribution >= 0.6 is 0 Å². The lowest BCUT2D eigenvalue weighted by Gasteiger charge is -2.18. The highest BCUT2D eigenvalue weighted by Gasteiger charge is 2.19. The minimum atomic E-state index is -0.109. The van der Waals surface area contributed by atoms with Crippen molar-refractivity contribution in [1.29, 1.82) is 0 Å². The molecule has 1 saturated heterocycles. The molecule has 4 nitrogen and oxygen atoms in total. The van der Waals surface area contributed by atoms with Gasteiger partial charge in [0.25, 0.3) is 0 Å². The smallest absolute Gasteiger partial charge is 0.0678 e. The summed E-state index contributed by atoms with van der Waals surface area (Å²) < 4.78 is 0. The lowest BCUT2D eigenvalue weighted by Crippen LogP contribution is -2.24. The minimum Gasteiger partial charge on any atom is -0.393 e. The van der Waals surface area contributed by atoms with Gasteiger partial charge in [0.2, 0.25) is 0 Å². The van der Waals surface area contributed by atoms with E-state index in [2.05, 4.69) is 41.9 Å². The SMILES string of the molecule is CC(C)(C)c1cc(CN2CCC[C@H](O)CC2)[nH]n1. The first kappa shape index (κ1) is 13.6. The summed E-state index contributed by atoms with van der Waals surface area (Å²) in [6.07, 6.45) is 2.80. The molecule has 18 heavy (non-hydrogen) atoms. The van der Waals surface area contributed by atoms with E-state index in [-0.39, 0.29) is 11.5 Å². The number of likely N-dealkylation sites (tertiary alicyclic amines) is 1. The third-order valence-electron chi connectivity index (χ3n) is 3.58. The Morgan fingerprint density at radius 3 is 2.83 bits per heavy atom. The number of nitrogens with one attached hydrogen (secondary N) is 1. The monoisotopic (exact) mass is 251 g/mol. The zero-order valence-electron chi connectivity index (χ0n) is 11.7. The van der Waals surface area contributed by atoms with Gasteiger partial charge in [0.1, 0.15) is 0 Å². The van der Waals surface area contributed by atoms with E-state index in [4.69, 9.17) is 0 Å². The predicted molar refractivity (Wildman–Crippen MR) is 72.4 cm³/mol. The summed E-state index contributed by atoms with van der Waals surface area (Å²) in [6, 6.07) is 2.17. The summed E-state index contributed by atoms with van der Waals surface area (Å²) in [6.45, 7) is 9.49. The van der Waals surface area contributed by atoms with Crippen molar-refractivity contribution >= 4 is 0 Å². The number of aliphatic hydroxyl groups excluding tert-OH is 1. The molecule has 2 N–H and O–H groups in total. The summed E-state index contributed by atoms with van der Waals surface area (Å²) in [7, 11) is 0. The summed E-state index contributed by atoms with van der Waals surface area (Å²) in [5, 5.41) is 17.2. The first-order valence-corrected chi connectivity index (χ1v) is 6.90. The first-order valence-electron chi connectivity index (χ1n) is 6.90. The standard InChI is InChI=1S/C14H25N3O/c1-14(2,3)13-9-11(15-16-13)10-17-7-4-5-12(18)6-8-17/h9,12,18H,4-8,10H2,1-3H3,(H,15,16)/t12-/m0/s1. The van der Waals surface area contributed by atoms with Crippen molar-refractivity contribution in [1.82, 2.24) is 15.1 Å². The van der Waals surface area contributed by atoms with Crippen LogP contribution < -0.4 is 0 Å². The van der Waals surface area contributed by atoms with Gasteiger partial charge in [-0.2, -0.15) is 5.10 Å². The molecule has 1 atom stereocenters. The summed E-state index contributed by atoms with van der Waals surface area (Å²) in [5.41, 5.74) is 2.40. The predicted octanol–water partition coefficient (Wildman–Crippen LogP) is 2.05. The van der Waals surface area contributed by atoms with Gasteiger partial charge in [-0.15, -0.1) is 0 Å². The van der Waals surface area contributed by atoms with E-state index in [0.29, 0.717) is 0 Å². The second kappa shape index (κ2) is 5.41. The average molecular weight is 251 g/mol. The van der Waals surface area contributed by atoms with E-state index >= 15 is 0 Å². The number of H-pyrrole nitrogens is 1. The van der Waals surface area contributed by atoms with E-state index in [1.165, 1.54) is 5.69 Å². The molecule has 2 heterocycles. The Bertz CT molecular complexity index is 381. The van der Waals surface area contributed by atoms with Crippen LogP contribution in [-0.4, -0.2) is 39.4 Å². The van der Waals surface area contributed by atoms with Crippen LogP contribution in [0.1, 0.15) is 51.4 Å². The quantitative estimate of drug-likeness (QED) is 0.846. The van der Waals surface area contributed by atoms with Crippen molar-refractivity contribution in [3.63, 3.8) is 0 Å². The Labute approximate surface area is 109 Å². The maximum atomic E-state index is 9.64. The zero-order chi connectivity index (χ0) is 13.2. The van der Waals surface area contributed by atoms with E-state index in [0.717, 1.165) is 44.6 Å². The second-order valence-corrected chi connectivity index (χ2v) is 6.39. The zero-order valence-corrected chi connectivity index (χ0v) is 11.7. The van der Waals surface area contributed by atoms with Crippen LogP contribution in [0.2, 0.25) is 0 Å². The van der Waals surface area contributed by atoms with Gasteiger partial charge >= 0.3 is 0 Å². The highest BCUT2D eigenvalue weighted by atomic mass is 16.3. The normalized spacial score (nSPS) is 23.0. The highest BCUT2D eigenvalue weighted by Crippen LogP contribution is 2.21. The van der Waals surface area contributed by atoms with Crippen molar-refractivity contribution in [2.24, 2.45) is 0 Å². The number of aromatic nitrogens is 2. The Balaban J connectivity index is 1.95. The number of nitrogens with zero attached hydrogens (tertiary/aromatic N) is 2. The molecule has 0 bridgehead atoms. The van der Waals surface area contributed by atoms with E-state index in [9.17, 15) is 5.11 Å². The molecule has 102 valence electrons. The van der Waals surface area contributed by atoms with Gasteiger partial charge < -0.3 is 5.11 Å². The lowest BCUT2D eigenvalue weighted by molar-refractivity contribution is 0.154. The van der Waals surface area contributed by atoms with Crippen LogP contribution in [0.4, 0.5) is 0 Å². The van der Waals surface area contributed by atoms with E-state index in [1.807, 2.05) is 0 Å². The van der Waals surface area contributed by atoms with Gasteiger partial charge in [0.05, 0.1) is 11.8 Å². The molecular formula is C14H25N3O. The first-order chi connectivity index (χ1) is 8.45. The number of hydrogen-bond donors (Lipinski definition) is 2. The Hall–Kier alpha value is -0.870. The Kier molecular flexibility index (Phi) is 4.07. The Morgan fingerprint density at radius 2 is 2.17 bits per heavy atom. The molecule has 0 aromatic carbocycles. The van der Waals surface area contributed by atoms with Crippen molar-refractivity contribution in [3.05, 3.63) is 17.5 Å². The van der Waals surface area contributed by atoms with Gasteiger partial charge in [-0.3, -0.25) is 10.00 Å². The summed E-state index contributed by atoms with van der Waals surface area (Å²) in [4.78, 5) is 2.40. The van der Waals surface area contributed by atoms with Gasteiger partial charge in [-0.1, -0.05) is 20.8 Å². The number of rotatable bonds is 2. The average Bonchev–Trinajstić information content (AvgIpc) is 2.65. The molecule has 1 aliphatic rings.